The first-order chi connectivity index (χ1) is 13.5. The summed E-state index contributed by atoms with van der Waals surface area (Å²) in [7, 11) is 0. The molecule has 0 spiro atoms. The van der Waals surface area contributed by atoms with Crippen LogP contribution in [0.1, 0.15) is 42.3 Å². The molecule has 1 aromatic heterocycles. The van der Waals surface area contributed by atoms with Crippen molar-refractivity contribution in [2.24, 2.45) is 5.73 Å². The van der Waals surface area contributed by atoms with Crippen LogP contribution in [0.2, 0.25) is 0 Å². The summed E-state index contributed by atoms with van der Waals surface area (Å²) in [6.45, 7) is 3.91. The lowest BCUT2D eigenvalue weighted by Gasteiger charge is -2.41. The van der Waals surface area contributed by atoms with Crippen LogP contribution in [0.25, 0.3) is 0 Å². The van der Waals surface area contributed by atoms with Crippen LogP contribution in [0.15, 0.2) is 43.0 Å². The van der Waals surface area contributed by atoms with Crippen LogP contribution < -0.4 is 11.2 Å². The van der Waals surface area contributed by atoms with Gasteiger partial charge in [0, 0.05) is 12.4 Å². The molecule has 0 saturated carbocycles. The molecule has 1 aromatic carbocycles. The molecule has 0 aliphatic carbocycles. The van der Waals surface area contributed by atoms with E-state index in [1.54, 1.807) is 12.1 Å². The minimum atomic E-state index is -2.33. The predicted octanol–water partition coefficient (Wildman–Crippen LogP) is 0.317. The van der Waals surface area contributed by atoms with Crippen molar-refractivity contribution in [3.05, 3.63) is 59.7 Å². The summed E-state index contributed by atoms with van der Waals surface area (Å²) < 4.78 is 5.50. The van der Waals surface area contributed by atoms with Crippen molar-refractivity contribution in [1.82, 2.24) is 15.4 Å². The normalized spacial score (nSPS) is 15.6. The number of hydrogen-bond donors (Lipinski definition) is 4. The maximum absolute atomic E-state index is 12.3. The van der Waals surface area contributed by atoms with Gasteiger partial charge in [0.2, 0.25) is 0 Å². The van der Waals surface area contributed by atoms with Crippen molar-refractivity contribution < 1.29 is 24.6 Å². The number of rotatable bonds is 8. The van der Waals surface area contributed by atoms with Gasteiger partial charge in [-0.25, -0.2) is 20.3 Å². The zero-order valence-corrected chi connectivity index (χ0v) is 16.3. The molecular formula is C19H23N5O5. The molecule has 0 saturated heterocycles. The standard InChI is InChI=1S/C19H23N5O5/c1-17(2,26)11-28-19(21,29-24-16(25)14-9-22-12-23-10-14)18(3,27)15-6-4-5-13(7-15)8-20/h4-7,9-10,12,26-27H,11,21H2,1-3H3,(H,24,25)/t18-,19?/m0/s1. The average Bonchev–Trinajstić information content (AvgIpc) is 2.70. The zero-order valence-electron chi connectivity index (χ0n) is 16.3. The SMILES string of the molecule is CC(C)(O)COC(N)(ONC(=O)c1cncnc1)[C@@](C)(O)c1cccc(C#N)c1. The van der Waals surface area contributed by atoms with E-state index >= 15 is 0 Å². The Morgan fingerprint density at radius 1 is 1.28 bits per heavy atom. The maximum Gasteiger partial charge on any atom is 0.282 e. The van der Waals surface area contributed by atoms with Gasteiger partial charge in [0.1, 0.15) is 6.33 Å². The third kappa shape index (κ3) is 5.54. The minimum absolute atomic E-state index is 0.0865. The number of amides is 1. The molecule has 1 heterocycles. The molecule has 5 N–H and O–H groups in total. The summed E-state index contributed by atoms with van der Waals surface area (Å²) in [4.78, 5) is 25.0. The second-order valence-corrected chi connectivity index (χ2v) is 7.19. The fourth-order valence-electron chi connectivity index (χ4n) is 2.24. The summed E-state index contributed by atoms with van der Waals surface area (Å²) in [6, 6.07) is 7.99. The highest BCUT2D eigenvalue weighted by Crippen LogP contribution is 2.33. The largest absolute Gasteiger partial charge is 0.388 e. The fraction of sp³-hybridized carbons (Fsp3) is 0.368. The lowest BCUT2D eigenvalue weighted by atomic mass is 9.90. The number of carbonyl (C=O) groups excluding carboxylic acids is 1. The van der Waals surface area contributed by atoms with Crippen molar-refractivity contribution in [3.8, 4) is 6.07 Å². The number of nitrogens with two attached hydrogens (primary N) is 1. The Hall–Kier alpha value is -2.94. The minimum Gasteiger partial charge on any atom is -0.388 e. The number of aliphatic hydroxyl groups is 2. The summed E-state index contributed by atoms with van der Waals surface area (Å²) >= 11 is 0. The number of ether oxygens (including phenoxy) is 1. The third-order valence-electron chi connectivity index (χ3n) is 3.99. The first-order valence-electron chi connectivity index (χ1n) is 8.60. The Bertz CT molecular complexity index is 892. The molecule has 10 nitrogen and oxygen atoms in total. The van der Waals surface area contributed by atoms with E-state index in [1.807, 2.05) is 6.07 Å². The molecule has 1 unspecified atom stereocenters. The first kappa shape index (κ1) is 22.4. The van der Waals surface area contributed by atoms with E-state index < -0.39 is 23.0 Å². The van der Waals surface area contributed by atoms with Crippen LogP contribution in [0.5, 0.6) is 0 Å². The van der Waals surface area contributed by atoms with Crippen molar-refractivity contribution in [2.45, 2.75) is 37.9 Å². The van der Waals surface area contributed by atoms with Crippen LogP contribution >= 0.6 is 0 Å². The van der Waals surface area contributed by atoms with Gasteiger partial charge in [-0.3, -0.25) is 10.5 Å². The van der Waals surface area contributed by atoms with E-state index in [1.165, 1.54) is 51.6 Å². The highest BCUT2D eigenvalue weighted by Gasteiger charge is 2.50. The average molecular weight is 401 g/mol. The van der Waals surface area contributed by atoms with Crippen LogP contribution in [-0.2, 0) is 15.2 Å². The van der Waals surface area contributed by atoms with Crippen molar-refractivity contribution in [3.63, 3.8) is 0 Å². The van der Waals surface area contributed by atoms with E-state index in [0.29, 0.717) is 0 Å². The summed E-state index contributed by atoms with van der Waals surface area (Å²) in [6.07, 6.45) is 3.77. The van der Waals surface area contributed by atoms with Gasteiger partial charge in [-0.05, 0) is 38.5 Å². The Morgan fingerprint density at radius 3 is 2.52 bits per heavy atom. The van der Waals surface area contributed by atoms with Crippen LogP contribution in [0.3, 0.4) is 0 Å². The quantitative estimate of drug-likeness (QED) is 0.360. The monoisotopic (exact) mass is 401 g/mol. The van der Waals surface area contributed by atoms with Crippen molar-refractivity contribution in [1.29, 1.82) is 5.26 Å². The molecule has 2 aromatic rings. The van der Waals surface area contributed by atoms with Gasteiger partial charge in [0.25, 0.3) is 11.8 Å². The first-order valence-corrected chi connectivity index (χ1v) is 8.60. The Labute approximate surface area is 167 Å². The van der Waals surface area contributed by atoms with Gasteiger partial charge < -0.3 is 14.9 Å². The highest BCUT2D eigenvalue weighted by atomic mass is 16.8. The molecule has 0 fully saturated rings. The molecular weight excluding hydrogens is 378 g/mol. The van der Waals surface area contributed by atoms with Crippen LogP contribution in [0.4, 0.5) is 0 Å². The number of hydroxylamine groups is 1. The summed E-state index contributed by atoms with van der Waals surface area (Å²) in [5.74, 6) is -3.05. The van der Waals surface area contributed by atoms with Crippen LogP contribution in [0, 0.1) is 11.3 Å². The molecule has 10 heteroatoms. The number of hydrogen-bond acceptors (Lipinski definition) is 9. The number of benzene rings is 1. The summed E-state index contributed by atoms with van der Waals surface area (Å²) in [5, 5.41) is 30.3. The molecule has 154 valence electrons. The molecule has 29 heavy (non-hydrogen) atoms. The van der Waals surface area contributed by atoms with E-state index in [0.717, 1.165) is 0 Å². The van der Waals surface area contributed by atoms with Gasteiger partial charge >= 0.3 is 0 Å². The molecule has 1 amide bonds. The number of nitriles is 1. The number of nitrogens with zero attached hydrogens (tertiary/aromatic N) is 3. The van der Waals surface area contributed by atoms with Crippen molar-refractivity contribution >= 4 is 5.91 Å². The molecule has 2 atom stereocenters. The Balaban J connectivity index is 2.33. The fourth-order valence-corrected chi connectivity index (χ4v) is 2.24. The second-order valence-electron chi connectivity index (χ2n) is 7.19. The second kappa shape index (κ2) is 8.60. The van der Waals surface area contributed by atoms with Crippen molar-refractivity contribution in [2.75, 3.05) is 6.61 Å². The number of nitrogens with one attached hydrogen (secondary N) is 1. The topological polar surface area (TPSA) is 164 Å². The highest BCUT2D eigenvalue weighted by molar-refractivity contribution is 5.92. The lowest BCUT2D eigenvalue weighted by Crippen LogP contribution is -2.64. The van der Waals surface area contributed by atoms with Gasteiger partial charge in [-0.1, -0.05) is 12.1 Å². The predicted molar refractivity (Wildman–Crippen MR) is 100 cm³/mol. The Kier molecular flexibility index (Phi) is 6.63. The maximum atomic E-state index is 12.3. The number of carbonyl (C=O) groups is 1. The van der Waals surface area contributed by atoms with E-state index in [2.05, 4.69) is 15.4 Å². The van der Waals surface area contributed by atoms with Crippen LogP contribution in [-0.4, -0.2) is 44.2 Å². The van der Waals surface area contributed by atoms with E-state index in [9.17, 15) is 15.0 Å². The zero-order chi connectivity index (χ0) is 21.7. The van der Waals surface area contributed by atoms with Gasteiger partial charge in [-0.15, -0.1) is 0 Å². The third-order valence-corrected chi connectivity index (χ3v) is 3.99. The molecule has 0 aliphatic heterocycles. The molecule has 0 bridgehead atoms. The number of aromatic nitrogens is 2. The molecule has 2 rings (SSSR count). The Morgan fingerprint density at radius 2 is 1.93 bits per heavy atom. The summed E-state index contributed by atoms with van der Waals surface area (Å²) in [5.41, 5.74) is 5.52. The van der Waals surface area contributed by atoms with Gasteiger partial charge in [-0.2, -0.15) is 5.26 Å². The van der Waals surface area contributed by atoms with Gasteiger partial charge in [0.15, 0.2) is 5.60 Å². The van der Waals surface area contributed by atoms with E-state index in [-0.39, 0.29) is 23.3 Å². The lowest BCUT2D eigenvalue weighted by molar-refractivity contribution is -0.343. The van der Waals surface area contributed by atoms with Gasteiger partial charge in [0.05, 0.1) is 29.4 Å². The smallest absolute Gasteiger partial charge is 0.282 e. The molecule has 0 aliphatic rings. The van der Waals surface area contributed by atoms with E-state index in [4.69, 9.17) is 20.6 Å². The molecule has 0 radical (unpaired) electrons.